The summed E-state index contributed by atoms with van der Waals surface area (Å²) in [5.41, 5.74) is 7.21. The molecule has 0 aliphatic heterocycles. The van der Waals surface area contributed by atoms with Crippen LogP contribution < -0.4 is 15.8 Å². The molecule has 0 aliphatic carbocycles. The zero-order valence-electron chi connectivity index (χ0n) is 11.6. The molecule has 0 bridgehead atoms. The number of anilines is 1. The predicted octanol–water partition coefficient (Wildman–Crippen LogP) is 3.83. The van der Waals surface area contributed by atoms with E-state index >= 15 is 0 Å². The number of halogens is 1. The Balaban J connectivity index is 1.88. The van der Waals surface area contributed by atoms with Crippen LogP contribution >= 0.6 is 22.9 Å². The fourth-order valence-corrected chi connectivity index (χ4v) is 2.79. The molecule has 3 N–H and O–H groups in total. The molecule has 0 saturated carbocycles. The van der Waals surface area contributed by atoms with Crippen LogP contribution in [0.1, 0.15) is 24.9 Å². The highest BCUT2D eigenvalue weighted by molar-refractivity contribution is 7.14. The maximum Gasteiger partial charge on any atom is 0.220 e. The van der Waals surface area contributed by atoms with Crippen molar-refractivity contribution >= 4 is 34.5 Å². The molecule has 1 aromatic carbocycles. The minimum atomic E-state index is -0.364. The topological polar surface area (TPSA) is 64.3 Å². The fourth-order valence-electron chi connectivity index (χ4n) is 1.80. The summed E-state index contributed by atoms with van der Waals surface area (Å²) in [6.07, 6.45) is 0.218. The van der Waals surface area contributed by atoms with E-state index < -0.39 is 0 Å². The minimum absolute atomic E-state index is 0.176. The van der Waals surface area contributed by atoms with E-state index in [-0.39, 0.29) is 18.4 Å². The van der Waals surface area contributed by atoms with Crippen molar-refractivity contribution < 1.29 is 9.53 Å². The van der Waals surface area contributed by atoms with Gasteiger partial charge >= 0.3 is 0 Å². The lowest BCUT2D eigenvalue weighted by Gasteiger charge is -2.14. The monoisotopic (exact) mass is 324 g/mol. The number of rotatable bonds is 7. The lowest BCUT2D eigenvalue weighted by Crippen LogP contribution is -2.14. The van der Waals surface area contributed by atoms with Crippen molar-refractivity contribution in [2.24, 2.45) is 5.73 Å². The summed E-state index contributed by atoms with van der Waals surface area (Å²) in [4.78, 5) is 10.6. The van der Waals surface area contributed by atoms with Gasteiger partial charge in [0, 0.05) is 11.7 Å². The van der Waals surface area contributed by atoms with Crippen LogP contribution in [0.2, 0.25) is 4.34 Å². The zero-order valence-corrected chi connectivity index (χ0v) is 13.2. The molecular weight excluding hydrogens is 308 g/mol. The van der Waals surface area contributed by atoms with Gasteiger partial charge in [-0.1, -0.05) is 11.6 Å². The Morgan fingerprint density at radius 3 is 2.71 bits per heavy atom. The highest BCUT2D eigenvalue weighted by atomic mass is 35.5. The van der Waals surface area contributed by atoms with Crippen LogP contribution in [-0.4, -0.2) is 12.5 Å². The lowest BCUT2D eigenvalue weighted by molar-refractivity contribution is -0.118. The number of nitrogens with two attached hydrogens (primary N) is 1. The molecule has 112 valence electrons. The van der Waals surface area contributed by atoms with Crippen LogP contribution in [0.3, 0.4) is 0 Å². The summed E-state index contributed by atoms with van der Waals surface area (Å²) < 4.78 is 6.21. The first-order chi connectivity index (χ1) is 10.0. The van der Waals surface area contributed by atoms with E-state index in [0.717, 1.165) is 15.6 Å². The quantitative estimate of drug-likeness (QED) is 0.813. The van der Waals surface area contributed by atoms with Gasteiger partial charge in [0.25, 0.3) is 0 Å². The Hall–Kier alpha value is -1.72. The Bertz CT molecular complexity index is 598. The van der Waals surface area contributed by atoms with Crippen LogP contribution in [0.4, 0.5) is 5.69 Å². The summed E-state index contributed by atoms with van der Waals surface area (Å²) in [5, 5.41) is 5.43. The van der Waals surface area contributed by atoms with Crippen molar-refractivity contribution in [3.05, 3.63) is 45.6 Å². The largest absolute Gasteiger partial charge is 0.493 e. The first-order valence-electron chi connectivity index (χ1n) is 6.56. The van der Waals surface area contributed by atoms with Gasteiger partial charge in [-0.2, -0.15) is 0 Å². The van der Waals surface area contributed by atoms with Gasteiger partial charge < -0.3 is 15.8 Å². The van der Waals surface area contributed by atoms with E-state index in [1.54, 1.807) is 0 Å². The predicted molar refractivity (Wildman–Crippen MR) is 87.1 cm³/mol. The number of hydrogen-bond donors (Lipinski definition) is 2. The molecule has 0 aliphatic rings. The van der Waals surface area contributed by atoms with E-state index in [4.69, 9.17) is 22.1 Å². The number of hydrogen-bond acceptors (Lipinski definition) is 4. The Morgan fingerprint density at radius 1 is 1.43 bits per heavy atom. The normalized spacial score (nSPS) is 11.9. The van der Waals surface area contributed by atoms with Crippen molar-refractivity contribution in [1.29, 1.82) is 0 Å². The van der Waals surface area contributed by atoms with Gasteiger partial charge in [0.15, 0.2) is 0 Å². The number of nitrogens with one attached hydrogen (secondary N) is 1. The Kier molecular flexibility index (Phi) is 5.47. The van der Waals surface area contributed by atoms with Gasteiger partial charge in [0.05, 0.1) is 17.4 Å². The molecule has 1 heterocycles. The van der Waals surface area contributed by atoms with Crippen molar-refractivity contribution in [3.63, 3.8) is 0 Å². The van der Waals surface area contributed by atoms with Crippen molar-refractivity contribution in [2.75, 3.05) is 11.9 Å². The molecule has 1 aromatic heterocycles. The SMILES string of the molecule is CC(Nc1ccc(OCCC(N)=O)cc1)c1csc(Cl)c1. The molecule has 2 rings (SSSR count). The number of primary amides is 1. The van der Waals surface area contributed by atoms with E-state index in [1.165, 1.54) is 11.3 Å². The summed E-state index contributed by atoms with van der Waals surface area (Å²) in [7, 11) is 0. The number of benzene rings is 1. The molecule has 0 saturated heterocycles. The standard InChI is InChI=1S/C15H17ClN2O2S/c1-10(11-8-14(16)21-9-11)18-12-2-4-13(5-3-12)20-7-6-15(17)19/h2-5,8-10,18H,6-7H2,1H3,(H2,17,19). The molecule has 4 nitrogen and oxygen atoms in total. The van der Waals surface area contributed by atoms with Gasteiger partial charge in [-0.05, 0) is 48.2 Å². The van der Waals surface area contributed by atoms with Gasteiger partial charge in [-0.3, -0.25) is 4.79 Å². The van der Waals surface area contributed by atoms with Crippen molar-refractivity contribution in [3.8, 4) is 5.75 Å². The molecule has 1 amide bonds. The van der Waals surface area contributed by atoms with Gasteiger partial charge in [-0.15, -0.1) is 11.3 Å². The molecule has 0 spiro atoms. The number of amides is 1. The Morgan fingerprint density at radius 2 is 2.14 bits per heavy atom. The second kappa shape index (κ2) is 7.33. The van der Waals surface area contributed by atoms with Gasteiger partial charge in [0.1, 0.15) is 5.75 Å². The number of carbonyl (C=O) groups excluding carboxylic acids is 1. The summed E-state index contributed by atoms with van der Waals surface area (Å²) >= 11 is 7.47. The van der Waals surface area contributed by atoms with Crippen LogP contribution in [-0.2, 0) is 4.79 Å². The van der Waals surface area contributed by atoms with Crippen molar-refractivity contribution in [2.45, 2.75) is 19.4 Å². The first-order valence-corrected chi connectivity index (χ1v) is 7.82. The summed E-state index contributed by atoms with van der Waals surface area (Å²) in [5.74, 6) is 0.351. The number of ether oxygens (including phenoxy) is 1. The summed E-state index contributed by atoms with van der Waals surface area (Å²) in [6, 6.07) is 9.72. The van der Waals surface area contributed by atoms with E-state index in [0.29, 0.717) is 12.4 Å². The molecular formula is C15H17ClN2O2S. The van der Waals surface area contributed by atoms with E-state index in [9.17, 15) is 4.79 Å². The maximum absolute atomic E-state index is 10.6. The lowest BCUT2D eigenvalue weighted by atomic mass is 10.1. The molecule has 1 atom stereocenters. The molecule has 1 unspecified atom stereocenters. The van der Waals surface area contributed by atoms with Crippen LogP contribution in [0.5, 0.6) is 5.75 Å². The van der Waals surface area contributed by atoms with Gasteiger partial charge in [0.2, 0.25) is 5.91 Å². The fraction of sp³-hybridized carbons (Fsp3) is 0.267. The minimum Gasteiger partial charge on any atom is -0.493 e. The summed E-state index contributed by atoms with van der Waals surface area (Å²) in [6.45, 7) is 2.38. The van der Waals surface area contributed by atoms with Crippen molar-refractivity contribution in [1.82, 2.24) is 0 Å². The third-order valence-corrected chi connectivity index (χ3v) is 4.05. The average Bonchev–Trinajstić information content (AvgIpc) is 2.87. The van der Waals surface area contributed by atoms with Gasteiger partial charge in [-0.25, -0.2) is 0 Å². The zero-order chi connectivity index (χ0) is 15.2. The smallest absolute Gasteiger partial charge is 0.220 e. The van der Waals surface area contributed by atoms with Crippen LogP contribution in [0.25, 0.3) is 0 Å². The molecule has 0 fully saturated rings. The number of carbonyl (C=O) groups is 1. The Labute approximate surface area is 132 Å². The van der Waals surface area contributed by atoms with E-state index in [2.05, 4.69) is 12.2 Å². The van der Waals surface area contributed by atoms with Crippen LogP contribution in [0, 0.1) is 0 Å². The first kappa shape index (κ1) is 15.7. The van der Waals surface area contributed by atoms with E-state index in [1.807, 2.05) is 35.7 Å². The number of thiophene rings is 1. The highest BCUT2D eigenvalue weighted by Crippen LogP contribution is 2.27. The third kappa shape index (κ3) is 4.95. The molecule has 21 heavy (non-hydrogen) atoms. The van der Waals surface area contributed by atoms with Crippen LogP contribution in [0.15, 0.2) is 35.7 Å². The molecule has 2 aromatic rings. The second-order valence-corrected chi connectivity index (χ2v) is 6.18. The highest BCUT2D eigenvalue weighted by Gasteiger charge is 2.07. The molecule has 0 radical (unpaired) electrons. The molecule has 6 heteroatoms. The average molecular weight is 325 g/mol. The second-order valence-electron chi connectivity index (χ2n) is 4.64. The third-order valence-electron chi connectivity index (χ3n) is 2.94. The maximum atomic E-state index is 10.6.